The number of aryl methyl sites for hydroxylation is 2. The molecule has 0 spiro atoms. The minimum absolute atomic E-state index is 0.165. The molecule has 0 amide bonds. The molecule has 64 valence electrons. The van der Waals surface area contributed by atoms with Crippen molar-refractivity contribution >= 4 is 6.29 Å². The maximum absolute atomic E-state index is 13.1. The lowest BCUT2D eigenvalue weighted by Crippen LogP contribution is -1.96. The molecule has 12 heavy (non-hydrogen) atoms. The van der Waals surface area contributed by atoms with E-state index < -0.39 is 0 Å². The third-order valence-corrected chi connectivity index (χ3v) is 1.85. The van der Waals surface area contributed by atoms with E-state index in [0.29, 0.717) is 5.56 Å². The standard InChI is InChI=1S/C10H11FO/c1-7-5-8(2)9(3-4-12)10(11)6-7/h4-6H,3H2,1-2H3. The van der Waals surface area contributed by atoms with Crippen molar-refractivity contribution in [1.82, 2.24) is 0 Å². The van der Waals surface area contributed by atoms with Gasteiger partial charge in [0.05, 0.1) is 0 Å². The second-order valence-corrected chi connectivity index (χ2v) is 2.91. The fourth-order valence-corrected chi connectivity index (χ4v) is 1.29. The predicted molar refractivity (Wildman–Crippen MR) is 45.6 cm³/mol. The Hall–Kier alpha value is -1.18. The highest BCUT2D eigenvalue weighted by Gasteiger charge is 2.05. The average molecular weight is 166 g/mol. The van der Waals surface area contributed by atoms with Crippen LogP contribution >= 0.6 is 0 Å². The van der Waals surface area contributed by atoms with E-state index in [1.54, 1.807) is 0 Å². The molecule has 0 fully saturated rings. The smallest absolute Gasteiger partial charge is 0.127 e. The quantitative estimate of drug-likeness (QED) is 0.615. The molecule has 0 atom stereocenters. The lowest BCUT2D eigenvalue weighted by Gasteiger charge is -2.04. The van der Waals surface area contributed by atoms with E-state index in [2.05, 4.69) is 0 Å². The van der Waals surface area contributed by atoms with Crippen LogP contribution in [0.15, 0.2) is 12.1 Å². The van der Waals surface area contributed by atoms with Crippen LogP contribution in [-0.4, -0.2) is 6.29 Å². The summed E-state index contributed by atoms with van der Waals surface area (Å²) < 4.78 is 13.1. The van der Waals surface area contributed by atoms with Crippen LogP contribution in [0.1, 0.15) is 16.7 Å². The Morgan fingerprint density at radius 3 is 2.58 bits per heavy atom. The van der Waals surface area contributed by atoms with Gasteiger partial charge in [0.15, 0.2) is 0 Å². The first-order valence-electron chi connectivity index (χ1n) is 3.84. The predicted octanol–water partition coefficient (Wildman–Crippen LogP) is 2.18. The lowest BCUT2D eigenvalue weighted by molar-refractivity contribution is -0.107. The monoisotopic (exact) mass is 166 g/mol. The molecule has 0 unspecified atom stereocenters. The largest absolute Gasteiger partial charge is 0.303 e. The van der Waals surface area contributed by atoms with Gasteiger partial charge in [-0.25, -0.2) is 4.39 Å². The zero-order chi connectivity index (χ0) is 9.14. The molecule has 0 aliphatic carbocycles. The second-order valence-electron chi connectivity index (χ2n) is 2.91. The Bertz CT molecular complexity index is 282. The van der Waals surface area contributed by atoms with Crippen molar-refractivity contribution in [3.63, 3.8) is 0 Å². The van der Waals surface area contributed by atoms with E-state index in [1.165, 1.54) is 6.07 Å². The van der Waals surface area contributed by atoms with Crippen LogP contribution in [-0.2, 0) is 11.2 Å². The van der Waals surface area contributed by atoms with Crippen molar-refractivity contribution in [2.75, 3.05) is 0 Å². The van der Waals surface area contributed by atoms with Crippen molar-refractivity contribution < 1.29 is 9.18 Å². The number of carbonyl (C=O) groups is 1. The van der Waals surface area contributed by atoms with Crippen molar-refractivity contribution in [2.24, 2.45) is 0 Å². The van der Waals surface area contributed by atoms with Crippen LogP contribution in [0.25, 0.3) is 0 Å². The molecular weight excluding hydrogens is 155 g/mol. The summed E-state index contributed by atoms with van der Waals surface area (Å²) in [4.78, 5) is 10.2. The van der Waals surface area contributed by atoms with Gasteiger partial charge in [0.25, 0.3) is 0 Å². The summed E-state index contributed by atoms with van der Waals surface area (Å²) in [5.74, 6) is -0.278. The van der Waals surface area contributed by atoms with E-state index in [1.807, 2.05) is 19.9 Å². The molecule has 1 aromatic rings. The van der Waals surface area contributed by atoms with Crippen molar-refractivity contribution in [3.8, 4) is 0 Å². The number of carbonyl (C=O) groups excluding carboxylic acids is 1. The molecule has 0 saturated carbocycles. The number of hydrogen-bond donors (Lipinski definition) is 0. The Morgan fingerprint density at radius 2 is 2.08 bits per heavy atom. The molecule has 1 aromatic carbocycles. The first-order chi connectivity index (χ1) is 5.65. The van der Waals surface area contributed by atoms with Gasteiger partial charge in [0.2, 0.25) is 0 Å². The van der Waals surface area contributed by atoms with E-state index >= 15 is 0 Å². The van der Waals surface area contributed by atoms with Crippen LogP contribution in [0.4, 0.5) is 4.39 Å². The highest BCUT2D eigenvalue weighted by molar-refractivity contribution is 5.56. The third kappa shape index (κ3) is 1.70. The number of halogens is 1. The van der Waals surface area contributed by atoms with Gasteiger partial charge in [0, 0.05) is 6.42 Å². The van der Waals surface area contributed by atoms with Crippen LogP contribution in [0, 0.1) is 19.7 Å². The van der Waals surface area contributed by atoms with Gasteiger partial charge in [-0.1, -0.05) is 6.07 Å². The molecule has 0 bridgehead atoms. The third-order valence-electron chi connectivity index (χ3n) is 1.85. The fourth-order valence-electron chi connectivity index (χ4n) is 1.29. The van der Waals surface area contributed by atoms with Crippen molar-refractivity contribution in [2.45, 2.75) is 20.3 Å². The van der Waals surface area contributed by atoms with Crippen LogP contribution in [0.3, 0.4) is 0 Å². The minimum Gasteiger partial charge on any atom is -0.303 e. The van der Waals surface area contributed by atoms with Crippen LogP contribution in [0.5, 0.6) is 0 Å². The van der Waals surface area contributed by atoms with Gasteiger partial charge in [-0.15, -0.1) is 0 Å². The summed E-state index contributed by atoms with van der Waals surface area (Å²) >= 11 is 0. The highest BCUT2D eigenvalue weighted by Crippen LogP contribution is 2.15. The molecule has 0 radical (unpaired) electrons. The topological polar surface area (TPSA) is 17.1 Å². The molecule has 1 rings (SSSR count). The van der Waals surface area contributed by atoms with Gasteiger partial charge >= 0.3 is 0 Å². The molecule has 0 aliphatic rings. The molecular formula is C10H11FO. The Kier molecular flexibility index (Phi) is 2.58. The number of benzene rings is 1. The summed E-state index contributed by atoms with van der Waals surface area (Å²) in [6, 6.07) is 3.33. The first kappa shape index (κ1) is 8.91. The summed E-state index contributed by atoms with van der Waals surface area (Å²) in [5, 5.41) is 0. The van der Waals surface area contributed by atoms with Crippen LogP contribution in [0.2, 0.25) is 0 Å². The van der Waals surface area contributed by atoms with E-state index in [0.717, 1.165) is 17.4 Å². The van der Waals surface area contributed by atoms with Crippen molar-refractivity contribution in [3.05, 3.63) is 34.6 Å². The molecule has 0 N–H and O–H groups in total. The van der Waals surface area contributed by atoms with E-state index in [4.69, 9.17) is 0 Å². The summed E-state index contributed by atoms with van der Waals surface area (Å²) in [5.41, 5.74) is 2.25. The van der Waals surface area contributed by atoms with Gasteiger partial charge in [-0.3, -0.25) is 0 Å². The molecule has 1 nitrogen and oxygen atoms in total. The Morgan fingerprint density at radius 1 is 1.42 bits per heavy atom. The lowest BCUT2D eigenvalue weighted by atomic mass is 10.0. The molecule has 0 heterocycles. The molecule has 0 aromatic heterocycles. The molecule has 0 saturated heterocycles. The number of aldehydes is 1. The SMILES string of the molecule is Cc1cc(C)c(CC=O)c(F)c1. The zero-order valence-corrected chi connectivity index (χ0v) is 7.23. The van der Waals surface area contributed by atoms with E-state index in [-0.39, 0.29) is 12.2 Å². The molecule has 0 aliphatic heterocycles. The van der Waals surface area contributed by atoms with Gasteiger partial charge in [0.1, 0.15) is 12.1 Å². The zero-order valence-electron chi connectivity index (χ0n) is 7.23. The van der Waals surface area contributed by atoms with Gasteiger partial charge < -0.3 is 4.79 Å². The van der Waals surface area contributed by atoms with Crippen molar-refractivity contribution in [1.29, 1.82) is 0 Å². The highest BCUT2D eigenvalue weighted by atomic mass is 19.1. The average Bonchev–Trinajstić information content (AvgIpc) is 1.96. The Labute approximate surface area is 71.2 Å². The number of hydrogen-bond acceptors (Lipinski definition) is 1. The van der Waals surface area contributed by atoms with Gasteiger partial charge in [-0.2, -0.15) is 0 Å². The summed E-state index contributed by atoms with van der Waals surface area (Å²) in [6.07, 6.45) is 0.888. The summed E-state index contributed by atoms with van der Waals surface area (Å²) in [6.45, 7) is 3.65. The maximum Gasteiger partial charge on any atom is 0.127 e. The normalized spacial score (nSPS) is 9.92. The Balaban J connectivity index is 3.18. The fraction of sp³-hybridized carbons (Fsp3) is 0.300. The second kappa shape index (κ2) is 3.48. The summed E-state index contributed by atoms with van der Waals surface area (Å²) in [7, 11) is 0. The number of rotatable bonds is 2. The van der Waals surface area contributed by atoms with E-state index in [9.17, 15) is 9.18 Å². The first-order valence-corrected chi connectivity index (χ1v) is 3.84. The van der Waals surface area contributed by atoms with Crippen LogP contribution < -0.4 is 0 Å². The van der Waals surface area contributed by atoms with Gasteiger partial charge in [-0.05, 0) is 36.6 Å². The minimum atomic E-state index is -0.278. The maximum atomic E-state index is 13.1. The molecule has 2 heteroatoms.